The topological polar surface area (TPSA) is 34.9 Å². The number of fused-ring (bicyclic) bond motifs is 1. The number of nitrogens with zero attached hydrogens (tertiary/aromatic N) is 2. The lowest BCUT2D eigenvalue weighted by Crippen LogP contribution is -2.24. The molecule has 0 saturated heterocycles. The van der Waals surface area contributed by atoms with E-state index in [0.717, 1.165) is 16.9 Å². The average molecular weight is 264 g/mol. The Bertz CT molecular complexity index is 791. The molecule has 3 rings (SSSR count). The zero-order valence-corrected chi connectivity index (χ0v) is 11.4. The molecule has 100 valence electrons. The van der Waals surface area contributed by atoms with E-state index in [1.165, 1.54) is 0 Å². The van der Waals surface area contributed by atoms with Gasteiger partial charge >= 0.3 is 0 Å². The molecule has 0 N–H and O–H groups in total. The van der Waals surface area contributed by atoms with Crippen molar-refractivity contribution in [2.75, 3.05) is 0 Å². The van der Waals surface area contributed by atoms with Gasteiger partial charge in [-0.1, -0.05) is 42.5 Å². The van der Waals surface area contributed by atoms with E-state index in [4.69, 9.17) is 0 Å². The van der Waals surface area contributed by atoms with E-state index in [1.807, 2.05) is 49.4 Å². The third kappa shape index (κ3) is 2.23. The van der Waals surface area contributed by atoms with Gasteiger partial charge in [0, 0.05) is 13.0 Å². The minimum atomic E-state index is 0.0454. The van der Waals surface area contributed by atoms with E-state index in [0.29, 0.717) is 18.4 Å². The summed E-state index contributed by atoms with van der Waals surface area (Å²) in [5, 5.41) is 0.686. The molecule has 2 aromatic carbocycles. The second-order valence-electron chi connectivity index (χ2n) is 4.76. The lowest BCUT2D eigenvalue weighted by atomic mass is 10.1. The third-order valence-corrected chi connectivity index (χ3v) is 3.46. The first kappa shape index (κ1) is 12.6. The minimum absolute atomic E-state index is 0.0454. The lowest BCUT2D eigenvalue weighted by molar-refractivity contribution is 0.669. The standard InChI is InChI=1S/C17H16N2O/c1-2-19-16(12-13-8-4-3-5-9-13)18-15-11-7-6-10-14(15)17(19)20/h3-11H,2,12H2,1H3. The summed E-state index contributed by atoms with van der Waals surface area (Å²) in [7, 11) is 0. The first-order chi connectivity index (χ1) is 9.79. The number of hydrogen-bond acceptors (Lipinski definition) is 2. The van der Waals surface area contributed by atoms with Crippen LogP contribution in [0.15, 0.2) is 59.4 Å². The fraction of sp³-hybridized carbons (Fsp3) is 0.176. The Morgan fingerprint density at radius 3 is 2.45 bits per heavy atom. The van der Waals surface area contributed by atoms with Crippen LogP contribution < -0.4 is 5.56 Å². The van der Waals surface area contributed by atoms with Gasteiger partial charge in [-0.25, -0.2) is 4.98 Å². The molecular formula is C17H16N2O. The molecule has 0 spiro atoms. The van der Waals surface area contributed by atoms with Gasteiger partial charge in [0.15, 0.2) is 0 Å². The molecule has 0 atom stereocenters. The highest BCUT2D eigenvalue weighted by Crippen LogP contribution is 2.11. The fourth-order valence-corrected chi connectivity index (χ4v) is 2.45. The summed E-state index contributed by atoms with van der Waals surface area (Å²) in [6.45, 7) is 2.62. The van der Waals surface area contributed by atoms with Crippen molar-refractivity contribution >= 4 is 10.9 Å². The summed E-state index contributed by atoms with van der Waals surface area (Å²) in [4.78, 5) is 17.2. The summed E-state index contributed by atoms with van der Waals surface area (Å²) in [6, 6.07) is 17.6. The number of aromatic nitrogens is 2. The highest BCUT2D eigenvalue weighted by Gasteiger charge is 2.09. The van der Waals surface area contributed by atoms with Crippen molar-refractivity contribution in [3.63, 3.8) is 0 Å². The summed E-state index contributed by atoms with van der Waals surface area (Å²) >= 11 is 0. The quantitative estimate of drug-likeness (QED) is 0.729. The minimum Gasteiger partial charge on any atom is -0.296 e. The van der Waals surface area contributed by atoms with Gasteiger partial charge in [-0.3, -0.25) is 9.36 Å². The molecule has 0 amide bonds. The van der Waals surface area contributed by atoms with Crippen LogP contribution in [0.5, 0.6) is 0 Å². The van der Waals surface area contributed by atoms with E-state index in [9.17, 15) is 4.79 Å². The number of rotatable bonds is 3. The third-order valence-electron chi connectivity index (χ3n) is 3.46. The Labute approximate surface area is 117 Å². The maximum atomic E-state index is 12.5. The van der Waals surface area contributed by atoms with Gasteiger partial charge in [0.05, 0.1) is 10.9 Å². The molecule has 0 saturated carbocycles. The summed E-state index contributed by atoms with van der Waals surface area (Å²) < 4.78 is 1.76. The van der Waals surface area contributed by atoms with Crippen LogP contribution >= 0.6 is 0 Å². The molecule has 0 radical (unpaired) electrons. The van der Waals surface area contributed by atoms with Crippen molar-refractivity contribution in [2.24, 2.45) is 0 Å². The second kappa shape index (κ2) is 5.29. The molecule has 0 unspecified atom stereocenters. The first-order valence-electron chi connectivity index (χ1n) is 6.82. The van der Waals surface area contributed by atoms with Crippen LogP contribution in [-0.4, -0.2) is 9.55 Å². The molecule has 0 aliphatic carbocycles. The molecule has 20 heavy (non-hydrogen) atoms. The van der Waals surface area contributed by atoms with E-state index in [-0.39, 0.29) is 5.56 Å². The number of para-hydroxylation sites is 1. The molecule has 0 aliphatic rings. The maximum Gasteiger partial charge on any atom is 0.261 e. The molecule has 3 aromatic rings. The first-order valence-corrected chi connectivity index (χ1v) is 6.82. The van der Waals surface area contributed by atoms with E-state index < -0.39 is 0 Å². The van der Waals surface area contributed by atoms with Gasteiger partial charge in [-0.15, -0.1) is 0 Å². The molecule has 1 heterocycles. The van der Waals surface area contributed by atoms with Gasteiger partial charge in [-0.2, -0.15) is 0 Å². The van der Waals surface area contributed by atoms with Crippen LogP contribution in [0.2, 0.25) is 0 Å². The van der Waals surface area contributed by atoms with Crippen molar-refractivity contribution in [3.8, 4) is 0 Å². The fourth-order valence-electron chi connectivity index (χ4n) is 2.45. The van der Waals surface area contributed by atoms with Gasteiger partial charge in [0.1, 0.15) is 5.82 Å². The van der Waals surface area contributed by atoms with Gasteiger partial charge in [0.25, 0.3) is 5.56 Å². The smallest absolute Gasteiger partial charge is 0.261 e. The summed E-state index contributed by atoms with van der Waals surface area (Å²) in [5.74, 6) is 0.822. The van der Waals surface area contributed by atoms with Crippen molar-refractivity contribution in [1.29, 1.82) is 0 Å². The second-order valence-corrected chi connectivity index (χ2v) is 4.76. The molecular weight excluding hydrogens is 248 g/mol. The highest BCUT2D eigenvalue weighted by atomic mass is 16.1. The van der Waals surface area contributed by atoms with Crippen molar-refractivity contribution in [3.05, 3.63) is 76.3 Å². The van der Waals surface area contributed by atoms with Crippen LogP contribution in [0.4, 0.5) is 0 Å². The van der Waals surface area contributed by atoms with Crippen LogP contribution in [0.1, 0.15) is 18.3 Å². The van der Waals surface area contributed by atoms with Crippen LogP contribution in [0.25, 0.3) is 10.9 Å². The highest BCUT2D eigenvalue weighted by molar-refractivity contribution is 5.77. The number of hydrogen-bond donors (Lipinski definition) is 0. The summed E-state index contributed by atoms with van der Waals surface area (Å²) in [6.07, 6.45) is 0.675. The molecule has 0 fully saturated rings. The molecule has 3 nitrogen and oxygen atoms in total. The van der Waals surface area contributed by atoms with Crippen molar-refractivity contribution in [1.82, 2.24) is 9.55 Å². The Kier molecular flexibility index (Phi) is 3.33. The molecule has 0 bridgehead atoms. The van der Waals surface area contributed by atoms with Crippen LogP contribution in [-0.2, 0) is 13.0 Å². The maximum absolute atomic E-state index is 12.5. The number of benzene rings is 2. The Morgan fingerprint density at radius 2 is 1.70 bits per heavy atom. The molecule has 1 aromatic heterocycles. The predicted molar refractivity (Wildman–Crippen MR) is 80.9 cm³/mol. The normalized spacial score (nSPS) is 10.8. The lowest BCUT2D eigenvalue weighted by Gasteiger charge is -2.11. The van der Waals surface area contributed by atoms with Gasteiger partial charge < -0.3 is 0 Å². The Morgan fingerprint density at radius 1 is 1.00 bits per heavy atom. The zero-order valence-electron chi connectivity index (χ0n) is 11.4. The molecule has 0 aliphatic heterocycles. The zero-order chi connectivity index (χ0) is 13.9. The van der Waals surface area contributed by atoms with Crippen LogP contribution in [0, 0.1) is 0 Å². The summed E-state index contributed by atoms with van der Waals surface area (Å²) in [5.41, 5.74) is 1.98. The van der Waals surface area contributed by atoms with E-state index in [2.05, 4.69) is 17.1 Å². The van der Waals surface area contributed by atoms with Crippen molar-refractivity contribution < 1.29 is 0 Å². The van der Waals surface area contributed by atoms with Gasteiger partial charge in [0.2, 0.25) is 0 Å². The largest absolute Gasteiger partial charge is 0.296 e. The van der Waals surface area contributed by atoms with Gasteiger partial charge in [-0.05, 0) is 24.6 Å². The monoisotopic (exact) mass is 264 g/mol. The van der Waals surface area contributed by atoms with Crippen molar-refractivity contribution in [2.45, 2.75) is 19.9 Å². The molecule has 3 heteroatoms. The predicted octanol–water partition coefficient (Wildman–Crippen LogP) is 3.01. The van der Waals surface area contributed by atoms with E-state index >= 15 is 0 Å². The van der Waals surface area contributed by atoms with E-state index in [1.54, 1.807) is 4.57 Å². The van der Waals surface area contributed by atoms with Crippen LogP contribution in [0.3, 0.4) is 0 Å². The average Bonchev–Trinajstić information content (AvgIpc) is 2.49. The Balaban J connectivity index is 2.17. The SMILES string of the molecule is CCn1c(Cc2ccccc2)nc2ccccc2c1=O. The Hall–Kier alpha value is -2.42.